The second-order valence-corrected chi connectivity index (χ2v) is 9.00. The minimum atomic E-state index is -0.0220. The van der Waals surface area contributed by atoms with Gasteiger partial charge in [-0.05, 0) is 30.5 Å². The predicted octanol–water partition coefficient (Wildman–Crippen LogP) is -0.133. The summed E-state index contributed by atoms with van der Waals surface area (Å²) in [6.07, 6.45) is 1.57. The van der Waals surface area contributed by atoms with Gasteiger partial charge in [-0.3, -0.25) is 0 Å². The first-order chi connectivity index (χ1) is 14.9. The van der Waals surface area contributed by atoms with Crippen LogP contribution < -0.4 is 38.1 Å². The van der Waals surface area contributed by atoms with E-state index >= 15 is 0 Å². The van der Waals surface area contributed by atoms with Crippen molar-refractivity contribution < 1.29 is 0 Å². The fourth-order valence-electron chi connectivity index (χ4n) is 4.18. The lowest BCUT2D eigenvalue weighted by atomic mass is 10.0. The first kappa shape index (κ1) is 22.0. The molecule has 2 saturated heterocycles. The van der Waals surface area contributed by atoms with Crippen LogP contribution >= 0.6 is 11.6 Å². The summed E-state index contributed by atoms with van der Waals surface area (Å²) in [5.41, 5.74) is 25.8. The number of anilines is 3. The van der Waals surface area contributed by atoms with Gasteiger partial charge in [-0.2, -0.15) is 15.0 Å². The molecule has 10 nitrogen and oxygen atoms in total. The Labute approximate surface area is 187 Å². The number of nitrogens with zero attached hydrogens (tertiary/aromatic N) is 5. The maximum atomic E-state index is 6.19. The Bertz CT molecular complexity index is 815. The standard InChI is InChI=1S/C20H31ClN10/c21-13-3-1-12(2-4-13)7-26-18-27-19(30-8-14(22)5-15(23)9-30)29-20(28-18)31-10-16(24)6-17(25)11-31/h1-4,14-17H,5-11,22-25H2,(H,26,27,28,29)/t14-,15+,16-,17+. The zero-order chi connectivity index (χ0) is 22.0. The van der Waals surface area contributed by atoms with Gasteiger partial charge in [0.2, 0.25) is 17.8 Å². The highest BCUT2D eigenvalue weighted by atomic mass is 35.5. The number of halogens is 1. The molecule has 1 aromatic carbocycles. The normalized spacial score (nSPS) is 26.7. The molecule has 4 atom stereocenters. The van der Waals surface area contributed by atoms with E-state index in [1.54, 1.807) is 0 Å². The van der Waals surface area contributed by atoms with E-state index in [1.807, 2.05) is 34.1 Å². The molecule has 0 aliphatic carbocycles. The molecule has 0 unspecified atom stereocenters. The second-order valence-electron chi connectivity index (χ2n) is 8.56. The molecule has 2 aliphatic rings. The van der Waals surface area contributed by atoms with E-state index in [-0.39, 0.29) is 24.2 Å². The molecule has 0 radical (unpaired) electrons. The Kier molecular flexibility index (Phi) is 6.73. The highest BCUT2D eigenvalue weighted by molar-refractivity contribution is 6.30. The van der Waals surface area contributed by atoms with Crippen LogP contribution in [0.2, 0.25) is 5.02 Å². The van der Waals surface area contributed by atoms with E-state index in [4.69, 9.17) is 39.5 Å². The van der Waals surface area contributed by atoms with Crippen molar-refractivity contribution in [3.8, 4) is 0 Å². The molecule has 0 spiro atoms. The van der Waals surface area contributed by atoms with Crippen LogP contribution in [0, 0.1) is 0 Å². The van der Waals surface area contributed by atoms with Gasteiger partial charge in [0.1, 0.15) is 0 Å². The first-order valence-corrected chi connectivity index (χ1v) is 11.0. The summed E-state index contributed by atoms with van der Waals surface area (Å²) in [5.74, 6) is 1.60. The van der Waals surface area contributed by atoms with Gasteiger partial charge in [0.15, 0.2) is 0 Å². The molecule has 31 heavy (non-hydrogen) atoms. The highest BCUT2D eigenvalue weighted by Gasteiger charge is 2.28. The molecule has 1 aromatic heterocycles. The van der Waals surface area contributed by atoms with Crippen LogP contribution in [0.15, 0.2) is 24.3 Å². The maximum absolute atomic E-state index is 6.19. The Morgan fingerprint density at radius 2 is 1.23 bits per heavy atom. The average Bonchev–Trinajstić information content (AvgIpc) is 2.72. The molecule has 3 heterocycles. The quantitative estimate of drug-likeness (QED) is 0.418. The molecule has 2 fully saturated rings. The van der Waals surface area contributed by atoms with Crippen LogP contribution in [0.3, 0.4) is 0 Å². The van der Waals surface area contributed by atoms with Gasteiger partial charge in [0.05, 0.1) is 0 Å². The summed E-state index contributed by atoms with van der Waals surface area (Å²) in [4.78, 5) is 18.1. The third kappa shape index (κ3) is 5.72. The van der Waals surface area contributed by atoms with E-state index in [1.165, 1.54) is 0 Å². The number of rotatable bonds is 5. The molecule has 11 heteroatoms. The van der Waals surface area contributed by atoms with Gasteiger partial charge in [0, 0.05) is 61.9 Å². The predicted molar refractivity (Wildman–Crippen MR) is 124 cm³/mol. The van der Waals surface area contributed by atoms with E-state index in [0.717, 1.165) is 18.4 Å². The van der Waals surface area contributed by atoms with Crippen molar-refractivity contribution >= 4 is 29.4 Å². The van der Waals surface area contributed by atoms with Crippen molar-refractivity contribution in [2.24, 2.45) is 22.9 Å². The van der Waals surface area contributed by atoms with Crippen molar-refractivity contribution in [2.75, 3.05) is 41.3 Å². The maximum Gasteiger partial charge on any atom is 0.232 e. The lowest BCUT2D eigenvalue weighted by Crippen LogP contribution is -2.54. The number of aromatic nitrogens is 3. The molecular formula is C20H31ClN10. The Hall–Kier alpha value is -2.24. The molecule has 2 aromatic rings. The molecule has 168 valence electrons. The third-order valence-electron chi connectivity index (χ3n) is 5.57. The van der Waals surface area contributed by atoms with Gasteiger partial charge in [-0.25, -0.2) is 0 Å². The minimum absolute atomic E-state index is 0.0220. The topological polar surface area (TPSA) is 161 Å². The van der Waals surface area contributed by atoms with E-state index in [9.17, 15) is 0 Å². The minimum Gasteiger partial charge on any atom is -0.350 e. The zero-order valence-corrected chi connectivity index (χ0v) is 18.2. The summed E-state index contributed by atoms with van der Waals surface area (Å²) in [6, 6.07) is 7.55. The van der Waals surface area contributed by atoms with E-state index < -0.39 is 0 Å². The molecular weight excluding hydrogens is 416 g/mol. The van der Waals surface area contributed by atoms with Crippen molar-refractivity contribution in [1.82, 2.24) is 15.0 Å². The van der Waals surface area contributed by atoms with Crippen molar-refractivity contribution in [2.45, 2.75) is 43.6 Å². The Morgan fingerprint density at radius 1 is 0.774 bits per heavy atom. The lowest BCUT2D eigenvalue weighted by molar-refractivity contribution is 0.441. The van der Waals surface area contributed by atoms with Crippen molar-refractivity contribution in [3.63, 3.8) is 0 Å². The number of nitrogens with one attached hydrogen (secondary N) is 1. The third-order valence-corrected chi connectivity index (χ3v) is 5.82. The lowest BCUT2D eigenvalue weighted by Gasteiger charge is -2.37. The Morgan fingerprint density at radius 3 is 1.68 bits per heavy atom. The SMILES string of the molecule is N[C@@H]1C[C@H](N)CN(c2nc(NCc3ccc(Cl)cc3)nc(N3C[C@H](N)C[C@H](N)C3)n2)C1. The van der Waals surface area contributed by atoms with Crippen LogP contribution in [-0.2, 0) is 6.54 Å². The van der Waals surface area contributed by atoms with Crippen LogP contribution in [0.5, 0.6) is 0 Å². The van der Waals surface area contributed by atoms with Gasteiger partial charge >= 0.3 is 0 Å². The molecule has 2 aliphatic heterocycles. The number of nitrogens with two attached hydrogens (primary N) is 4. The van der Waals surface area contributed by atoms with Gasteiger partial charge in [0.25, 0.3) is 0 Å². The fourth-order valence-corrected chi connectivity index (χ4v) is 4.31. The summed E-state index contributed by atoms with van der Waals surface area (Å²) in [7, 11) is 0. The van der Waals surface area contributed by atoms with E-state index in [2.05, 4.69) is 15.3 Å². The Balaban J connectivity index is 1.60. The second kappa shape index (κ2) is 9.49. The van der Waals surface area contributed by atoms with Crippen LogP contribution in [0.4, 0.5) is 17.8 Å². The molecule has 0 bridgehead atoms. The van der Waals surface area contributed by atoms with Crippen LogP contribution in [0.25, 0.3) is 0 Å². The highest BCUT2D eigenvalue weighted by Crippen LogP contribution is 2.22. The number of piperidine rings is 2. The monoisotopic (exact) mass is 446 g/mol. The van der Waals surface area contributed by atoms with Crippen molar-refractivity contribution in [1.29, 1.82) is 0 Å². The van der Waals surface area contributed by atoms with Crippen LogP contribution in [0.1, 0.15) is 18.4 Å². The summed E-state index contributed by atoms with van der Waals surface area (Å²) >= 11 is 5.98. The zero-order valence-electron chi connectivity index (χ0n) is 17.5. The smallest absolute Gasteiger partial charge is 0.232 e. The summed E-state index contributed by atoms with van der Waals surface area (Å²) < 4.78 is 0. The molecule has 9 N–H and O–H groups in total. The van der Waals surface area contributed by atoms with Crippen LogP contribution in [-0.4, -0.2) is 65.3 Å². The summed E-state index contributed by atoms with van der Waals surface area (Å²) in [6.45, 7) is 3.14. The average molecular weight is 447 g/mol. The van der Waals surface area contributed by atoms with Crippen molar-refractivity contribution in [3.05, 3.63) is 34.9 Å². The van der Waals surface area contributed by atoms with Gasteiger partial charge in [-0.15, -0.1) is 0 Å². The number of benzene rings is 1. The number of hydrogen-bond acceptors (Lipinski definition) is 10. The molecule has 0 saturated carbocycles. The molecule has 4 rings (SSSR count). The summed E-state index contributed by atoms with van der Waals surface area (Å²) in [5, 5.41) is 4.00. The largest absolute Gasteiger partial charge is 0.350 e. The van der Waals surface area contributed by atoms with Gasteiger partial charge in [-0.1, -0.05) is 23.7 Å². The number of hydrogen-bond donors (Lipinski definition) is 5. The fraction of sp³-hybridized carbons (Fsp3) is 0.550. The van der Waals surface area contributed by atoms with Gasteiger partial charge < -0.3 is 38.1 Å². The first-order valence-electron chi connectivity index (χ1n) is 10.6. The molecule has 0 amide bonds. The van der Waals surface area contributed by atoms with E-state index in [0.29, 0.717) is 55.6 Å².